The van der Waals surface area contributed by atoms with Gasteiger partial charge in [-0.2, -0.15) is 0 Å². The van der Waals surface area contributed by atoms with Gasteiger partial charge in [-0.15, -0.1) is 0 Å². The van der Waals surface area contributed by atoms with Crippen molar-refractivity contribution in [1.82, 2.24) is 19.9 Å². The highest BCUT2D eigenvalue weighted by molar-refractivity contribution is 6.24. The smallest absolute Gasteiger partial charge is 0.162 e. The van der Waals surface area contributed by atoms with Crippen molar-refractivity contribution in [2.24, 2.45) is 0 Å². The molecule has 0 bridgehead atoms. The van der Waals surface area contributed by atoms with Gasteiger partial charge in [0.1, 0.15) is 11.3 Å². The molecule has 0 radical (unpaired) electrons. The van der Waals surface area contributed by atoms with Crippen molar-refractivity contribution in [3.8, 4) is 56.3 Å². The van der Waals surface area contributed by atoms with Gasteiger partial charge in [0.15, 0.2) is 5.58 Å². The van der Waals surface area contributed by atoms with Gasteiger partial charge in [0.05, 0.1) is 28.3 Å². The van der Waals surface area contributed by atoms with Gasteiger partial charge >= 0.3 is 0 Å². The van der Waals surface area contributed by atoms with Gasteiger partial charge in [-0.3, -0.25) is 9.97 Å². The van der Waals surface area contributed by atoms with Crippen LogP contribution in [-0.4, -0.2) is 19.9 Å². The van der Waals surface area contributed by atoms with Crippen LogP contribution in [0.2, 0.25) is 0 Å². The van der Waals surface area contributed by atoms with E-state index in [-0.39, 0.29) is 0 Å². The molecule has 5 heteroatoms. The average molecular weight is 653 g/mol. The summed E-state index contributed by atoms with van der Waals surface area (Å²) in [6.45, 7) is 0. The van der Waals surface area contributed by atoms with Gasteiger partial charge in [-0.1, -0.05) is 115 Å². The largest absolute Gasteiger partial charge is 0.454 e. The third-order valence-electron chi connectivity index (χ3n) is 9.59. The second kappa shape index (κ2) is 11.9. The molecule has 0 spiro atoms. The summed E-state index contributed by atoms with van der Waals surface area (Å²) in [4.78, 5) is 19.3. The summed E-state index contributed by atoms with van der Waals surface area (Å²) in [5.41, 5.74) is 12.2. The number of pyridine rings is 4. The molecule has 0 amide bonds. The first-order valence-electron chi connectivity index (χ1n) is 17.0. The number of nitrogens with zero attached hydrogens (tertiary/aromatic N) is 4. The van der Waals surface area contributed by atoms with E-state index in [9.17, 15) is 0 Å². The van der Waals surface area contributed by atoms with Crippen LogP contribution in [0.5, 0.6) is 0 Å². The van der Waals surface area contributed by atoms with Crippen LogP contribution >= 0.6 is 0 Å². The minimum absolute atomic E-state index is 0.808. The van der Waals surface area contributed by atoms with E-state index in [0.29, 0.717) is 0 Å². The molecule has 0 saturated carbocycles. The fourth-order valence-electron chi connectivity index (χ4n) is 7.08. The van der Waals surface area contributed by atoms with Crippen molar-refractivity contribution in [3.63, 3.8) is 0 Å². The van der Waals surface area contributed by atoms with Gasteiger partial charge in [0.25, 0.3) is 0 Å². The van der Waals surface area contributed by atoms with Gasteiger partial charge in [-0.05, 0) is 70.1 Å². The maximum Gasteiger partial charge on any atom is 0.162 e. The van der Waals surface area contributed by atoms with Crippen LogP contribution in [0.25, 0.3) is 99.9 Å². The zero-order chi connectivity index (χ0) is 33.7. The molecular formula is C46H28N4O. The standard InChI is InChI=1S/C46H28N4O/c1-2-10-35-32(9-1)23-24-37-43-36-11-3-4-14-42(36)51-46(43)44(50-45(35)37)33-21-19-30(20-22-33)29-15-17-31(18-16-29)34-27-40(38-12-5-7-25-47-38)49-41(28-34)39-13-6-8-26-48-39/h1-28H. The van der Waals surface area contributed by atoms with E-state index in [4.69, 9.17) is 14.4 Å². The predicted octanol–water partition coefficient (Wildman–Crippen LogP) is 11.8. The van der Waals surface area contributed by atoms with Crippen LogP contribution in [0.1, 0.15) is 0 Å². The van der Waals surface area contributed by atoms with E-state index in [1.165, 1.54) is 5.39 Å². The molecule has 51 heavy (non-hydrogen) atoms. The predicted molar refractivity (Wildman–Crippen MR) is 207 cm³/mol. The highest BCUT2D eigenvalue weighted by Gasteiger charge is 2.19. The SMILES string of the molecule is c1ccc(-c2cc(-c3ccc(-c4ccc(-c5nc6c7ccccc7ccc6c6c5oc5ccccc56)cc4)cc3)cc(-c3ccccn3)n2)nc1. The minimum Gasteiger partial charge on any atom is -0.454 e. The van der Waals surface area contributed by atoms with E-state index >= 15 is 0 Å². The Labute approximate surface area is 293 Å². The van der Waals surface area contributed by atoms with Crippen molar-refractivity contribution in [1.29, 1.82) is 0 Å². The summed E-state index contributed by atoms with van der Waals surface area (Å²) in [5, 5.41) is 5.60. The number of aromatic nitrogens is 4. The summed E-state index contributed by atoms with van der Waals surface area (Å²) < 4.78 is 6.53. The molecule has 238 valence electrons. The van der Waals surface area contributed by atoms with E-state index in [1.807, 2.05) is 48.5 Å². The lowest BCUT2D eigenvalue weighted by molar-refractivity contribution is 0.669. The number of furan rings is 1. The fraction of sp³-hybridized carbons (Fsp3) is 0. The maximum absolute atomic E-state index is 6.53. The summed E-state index contributed by atoms with van der Waals surface area (Å²) in [5.74, 6) is 0. The van der Waals surface area contributed by atoms with Crippen LogP contribution in [0.4, 0.5) is 0 Å². The van der Waals surface area contributed by atoms with Gasteiger partial charge in [0, 0.05) is 39.5 Å². The van der Waals surface area contributed by atoms with Crippen LogP contribution in [0.15, 0.2) is 175 Å². The number of para-hydroxylation sites is 1. The minimum atomic E-state index is 0.808. The number of rotatable bonds is 5. The lowest BCUT2D eigenvalue weighted by atomic mass is 9.97. The average Bonchev–Trinajstić information content (AvgIpc) is 3.61. The lowest BCUT2D eigenvalue weighted by Gasteiger charge is -2.11. The Morgan fingerprint density at radius 3 is 1.61 bits per heavy atom. The Morgan fingerprint density at radius 1 is 0.392 bits per heavy atom. The molecule has 5 nitrogen and oxygen atoms in total. The van der Waals surface area contributed by atoms with Crippen LogP contribution in [-0.2, 0) is 0 Å². The third-order valence-corrected chi connectivity index (χ3v) is 9.59. The molecular weight excluding hydrogens is 625 g/mol. The molecule has 5 aromatic carbocycles. The fourth-order valence-corrected chi connectivity index (χ4v) is 7.08. The molecule has 0 aliphatic rings. The molecule has 10 rings (SSSR count). The number of hydrogen-bond donors (Lipinski definition) is 0. The summed E-state index contributed by atoms with van der Waals surface area (Å²) in [7, 11) is 0. The summed E-state index contributed by atoms with van der Waals surface area (Å²) in [6, 6.07) is 54.3. The molecule has 0 unspecified atom stereocenters. The molecule has 0 N–H and O–H groups in total. The summed E-state index contributed by atoms with van der Waals surface area (Å²) >= 11 is 0. The molecule has 0 saturated heterocycles. The Morgan fingerprint density at radius 2 is 0.961 bits per heavy atom. The Bertz CT molecular complexity index is 2820. The van der Waals surface area contributed by atoms with Crippen LogP contribution in [0.3, 0.4) is 0 Å². The number of benzene rings is 5. The monoisotopic (exact) mass is 652 g/mol. The molecule has 5 aromatic heterocycles. The summed E-state index contributed by atoms with van der Waals surface area (Å²) in [6.07, 6.45) is 3.59. The van der Waals surface area contributed by atoms with E-state index in [1.54, 1.807) is 12.4 Å². The lowest BCUT2D eigenvalue weighted by Crippen LogP contribution is -1.94. The molecule has 0 fully saturated rings. The highest BCUT2D eigenvalue weighted by Crippen LogP contribution is 2.41. The van der Waals surface area contributed by atoms with E-state index in [2.05, 4.69) is 119 Å². The quantitative estimate of drug-likeness (QED) is 0.173. The number of hydrogen-bond acceptors (Lipinski definition) is 5. The van der Waals surface area contributed by atoms with Crippen molar-refractivity contribution in [2.45, 2.75) is 0 Å². The second-order valence-corrected chi connectivity index (χ2v) is 12.7. The highest BCUT2D eigenvalue weighted by atomic mass is 16.3. The van der Waals surface area contributed by atoms with Crippen molar-refractivity contribution in [3.05, 3.63) is 170 Å². The van der Waals surface area contributed by atoms with Gasteiger partial charge in [-0.25, -0.2) is 9.97 Å². The Hall–Kier alpha value is -6.98. The van der Waals surface area contributed by atoms with Gasteiger partial charge in [0.2, 0.25) is 0 Å². The molecule has 5 heterocycles. The topological polar surface area (TPSA) is 64.7 Å². The van der Waals surface area contributed by atoms with Crippen LogP contribution in [0, 0.1) is 0 Å². The zero-order valence-electron chi connectivity index (χ0n) is 27.4. The first-order valence-corrected chi connectivity index (χ1v) is 17.0. The molecule has 10 aromatic rings. The zero-order valence-corrected chi connectivity index (χ0v) is 27.4. The molecule has 0 atom stereocenters. The van der Waals surface area contributed by atoms with E-state index < -0.39 is 0 Å². The van der Waals surface area contributed by atoms with Crippen molar-refractivity contribution < 1.29 is 4.42 Å². The van der Waals surface area contributed by atoms with Crippen LogP contribution < -0.4 is 0 Å². The Balaban J connectivity index is 1.04. The van der Waals surface area contributed by atoms with E-state index in [0.717, 1.165) is 94.5 Å². The van der Waals surface area contributed by atoms with Crippen molar-refractivity contribution in [2.75, 3.05) is 0 Å². The molecule has 0 aliphatic heterocycles. The normalized spacial score (nSPS) is 11.5. The third kappa shape index (κ3) is 5.03. The first kappa shape index (κ1) is 29.0. The first-order chi connectivity index (χ1) is 25.3. The Kier molecular flexibility index (Phi) is 6.74. The maximum atomic E-state index is 6.53. The van der Waals surface area contributed by atoms with Gasteiger partial charge < -0.3 is 4.42 Å². The second-order valence-electron chi connectivity index (χ2n) is 12.7. The number of fused-ring (bicyclic) bond motifs is 7. The molecule has 0 aliphatic carbocycles. The van der Waals surface area contributed by atoms with Crippen molar-refractivity contribution >= 4 is 43.6 Å².